The van der Waals surface area contributed by atoms with Crippen molar-refractivity contribution in [3.63, 3.8) is 0 Å². The largest absolute Gasteiger partial charge is 0.327 e. The molecule has 1 rings (SSSR count). The van der Waals surface area contributed by atoms with Crippen LogP contribution in [0.25, 0.3) is 0 Å². The highest BCUT2D eigenvalue weighted by molar-refractivity contribution is 7.09. The molecule has 74 valence electrons. The van der Waals surface area contributed by atoms with Gasteiger partial charge in [0.25, 0.3) is 0 Å². The smallest absolute Gasteiger partial charge is 0.0977 e. The van der Waals surface area contributed by atoms with E-state index in [1.807, 2.05) is 6.92 Å². The minimum atomic E-state index is 0.186. The Kier molecular flexibility index (Phi) is 3.45. The molecular weight excluding hydrogens is 180 g/mol. The standard InChI is InChI=1S/C10H18N2S/c1-6(2)9(8(4)11)10-12-7(3)5-13-10/h5-6,8-9H,11H2,1-4H3. The van der Waals surface area contributed by atoms with Crippen molar-refractivity contribution in [2.24, 2.45) is 11.7 Å². The molecule has 0 spiro atoms. The highest BCUT2D eigenvalue weighted by Gasteiger charge is 2.22. The van der Waals surface area contributed by atoms with E-state index in [1.165, 1.54) is 5.01 Å². The Morgan fingerprint density at radius 3 is 2.31 bits per heavy atom. The van der Waals surface area contributed by atoms with E-state index >= 15 is 0 Å². The maximum atomic E-state index is 5.95. The molecule has 2 unspecified atom stereocenters. The van der Waals surface area contributed by atoms with Crippen molar-refractivity contribution in [1.29, 1.82) is 0 Å². The van der Waals surface area contributed by atoms with Crippen molar-refractivity contribution in [3.8, 4) is 0 Å². The Morgan fingerprint density at radius 2 is 2.00 bits per heavy atom. The van der Waals surface area contributed by atoms with Gasteiger partial charge in [-0.15, -0.1) is 11.3 Å². The van der Waals surface area contributed by atoms with Crippen molar-refractivity contribution in [3.05, 3.63) is 16.1 Å². The lowest BCUT2D eigenvalue weighted by Gasteiger charge is -2.22. The Morgan fingerprint density at radius 1 is 1.38 bits per heavy atom. The van der Waals surface area contributed by atoms with Crippen LogP contribution in [0.1, 0.15) is 37.4 Å². The van der Waals surface area contributed by atoms with Gasteiger partial charge in [0.15, 0.2) is 0 Å². The molecule has 0 bridgehead atoms. The van der Waals surface area contributed by atoms with Crippen molar-refractivity contribution in [2.75, 3.05) is 0 Å². The van der Waals surface area contributed by atoms with Gasteiger partial charge < -0.3 is 5.73 Å². The minimum absolute atomic E-state index is 0.186. The highest BCUT2D eigenvalue weighted by atomic mass is 32.1. The number of thiazole rings is 1. The highest BCUT2D eigenvalue weighted by Crippen LogP contribution is 2.29. The number of aromatic nitrogens is 1. The first-order valence-corrected chi connectivity index (χ1v) is 5.58. The fourth-order valence-electron chi connectivity index (χ4n) is 1.64. The average molecular weight is 198 g/mol. The lowest BCUT2D eigenvalue weighted by atomic mass is 9.90. The van der Waals surface area contributed by atoms with Gasteiger partial charge in [0.1, 0.15) is 0 Å². The first-order chi connectivity index (χ1) is 6.02. The molecule has 0 aliphatic carbocycles. The van der Waals surface area contributed by atoms with Crippen LogP contribution in [-0.2, 0) is 0 Å². The molecule has 3 heteroatoms. The summed E-state index contributed by atoms with van der Waals surface area (Å²) in [5.74, 6) is 0.962. The molecule has 1 aromatic rings. The predicted octanol–water partition coefficient (Wildman–Crippen LogP) is 2.54. The van der Waals surface area contributed by atoms with Gasteiger partial charge in [-0.2, -0.15) is 0 Å². The van der Waals surface area contributed by atoms with Gasteiger partial charge >= 0.3 is 0 Å². The zero-order valence-electron chi connectivity index (χ0n) is 8.74. The summed E-state index contributed by atoms with van der Waals surface area (Å²) >= 11 is 1.72. The summed E-state index contributed by atoms with van der Waals surface area (Å²) < 4.78 is 0. The van der Waals surface area contributed by atoms with E-state index in [1.54, 1.807) is 11.3 Å². The number of aryl methyl sites for hydroxylation is 1. The van der Waals surface area contributed by atoms with E-state index < -0.39 is 0 Å². The third kappa shape index (κ3) is 2.51. The van der Waals surface area contributed by atoms with Gasteiger partial charge in [-0.05, 0) is 19.8 Å². The van der Waals surface area contributed by atoms with Crippen LogP contribution in [0.3, 0.4) is 0 Å². The summed E-state index contributed by atoms with van der Waals surface area (Å²) in [6, 6.07) is 0.186. The molecule has 0 aliphatic heterocycles. The Hall–Kier alpha value is -0.410. The molecule has 2 N–H and O–H groups in total. The van der Waals surface area contributed by atoms with Gasteiger partial charge in [0.05, 0.1) is 5.01 Å². The van der Waals surface area contributed by atoms with Crippen LogP contribution in [-0.4, -0.2) is 11.0 Å². The van der Waals surface area contributed by atoms with E-state index in [0.717, 1.165) is 5.69 Å². The molecule has 0 saturated carbocycles. The second kappa shape index (κ2) is 4.20. The van der Waals surface area contributed by atoms with E-state index in [9.17, 15) is 0 Å². The molecule has 13 heavy (non-hydrogen) atoms. The van der Waals surface area contributed by atoms with E-state index in [-0.39, 0.29) is 6.04 Å². The summed E-state index contributed by atoms with van der Waals surface area (Å²) in [7, 11) is 0. The topological polar surface area (TPSA) is 38.9 Å². The lowest BCUT2D eigenvalue weighted by Crippen LogP contribution is -2.28. The molecule has 0 radical (unpaired) electrons. The van der Waals surface area contributed by atoms with Crippen LogP contribution in [0.2, 0.25) is 0 Å². The van der Waals surface area contributed by atoms with E-state index in [2.05, 4.69) is 31.1 Å². The first-order valence-electron chi connectivity index (χ1n) is 4.70. The van der Waals surface area contributed by atoms with Gasteiger partial charge in [-0.25, -0.2) is 4.98 Å². The normalized spacial score (nSPS) is 16.2. The van der Waals surface area contributed by atoms with Gasteiger partial charge in [-0.3, -0.25) is 0 Å². The van der Waals surface area contributed by atoms with Crippen LogP contribution < -0.4 is 5.73 Å². The molecule has 0 amide bonds. The third-order valence-corrected chi connectivity index (χ3v) is 3.27. The second-order valence-corrected chi connectivity index (χ2v) is 4.85. The minimum Gasteiger partial charge on any atom is -0.327 e. The summed E-state index contributed by atoms with van der Waals surface area (Å²) in [6.45, 7) is 8.48. The average Bonchev–Trinajstić information content (AvgIpc) is 2.34. The zero-order chi connectivity index (χ0) is 10.0. The molecule has 2 atom stereocenters. The number of hydrogen-bond donors (Lipinski definition) is 1. The lowest BCUT2D eigenvalue weighted by molar-refractivity contribution is 0.434. The Labute approximate surface area is 84.2 Å². The maximum absolute atomic E-state index is 5.95. The van der Waals surface area contributed by atoms with Gasteiger partial charge in [0, 0.05) is 23.0 Å². The van der Waals surface area contributed by atoms with Crippen LogP contribution >= 0.6 is 11.3 Å². The van der Waals surface area contributed by atoms with Crippen LogP contribution in [0.5, 0.6) is 0 Å². The fraction of sp³-hybridized carbons (Fsp3) is 0.700. The fourth-order valence-corrected chi connectivity index (χ4v) is 2.83. The Bertz CT molecular complexity index is 258. The molecule has 1 heterocycles. The summed E-state index contributed by atoms with van der Waals surface area (Å²) in [6.07, 6.45) is 0. The van der Waals surface area contributed by atoms with Crippen molar-refractivity contribution >= 4 is 11.3 Å². The van der Waals surface area contributed by atoms with Crippen molar-refractivity contribution in [2.45, 2.75) is 39.7 Å². The SMILES string of the molecule is Cc1csc(C(C(C)C)C(C)N)n1. The maximum Gasteiger partial charge on any atom is 0.0977 e. The molecule has 0 aromatic carbocycles. The second-order valence-electron chi connectivity index (χ2n) is 3.96. The summed E-state index contributed by atoms with van der Waals surface area (Å²) in [5, 5.41) is 3.27. The molecule has 2 nitrogen and oxygen atoms in total. The first kappa shape index (κ1) is 10.7. The van der Waals surface area contributed by atoms with Gasteiger partial charge in [0.2, 0.25) is 0 Å². The van der Waals surface area contributed by atoms with Crippen LogP contribution in [0.15, 0.2) is 5.38 Å². The number of nitrogens with zero attached hydrogens (tertiary/aromatic N) is 1. The van der Waals surface area contributed by atoms with Crippen LogP contribution in [0.4, 0.5) is 0 Å². The van der Waals surface area contributed by atoms with Crippen molar-refractivity contribution < 1.29 is 0 Å². The number of hydrogen-bond acceptors (Lipinski definition) is 3. The third-order valence-electron chi connectivity index (χ3n) is 2.21. The molecule has 0 fully saturated rings. The monoisotopic (exact) mass is 198 g/mol. The van der Waals surface area contributed by atoms with Crippen molar-refractivity contribution in [1.82, 2.24) is 4.98 Å². The predicted molar refractivity (Wildman–Crippen MR) is 58.1 cm³/mol. The molecule has 1 aromatic heterocycles. The van der Waals surface area contributed by atoms with Crippen LogP contribution in [0, 0.1) is 12.8 Å². The molecule has 0 saturated heterocycles. The van der Waals surface area contributed by atoms with E-state index in [4.69, 9.17) is 5.73 Å². The molecule has 0 aliphatic rings. The summed E-state index contributed by atoms with van der Waals surface area (Å²) in [5.41, 5.74) is 7.05. The Balaban J connectivity index is 2.88. The quantitative estimate of drug-likeness (QED) is 0.810. The zero-order valence-corrected chi connectivity index (χ0v) is 9.56. The number of rotatable bonds is 3. The van der Waals surface area contributed by atoms with Gasteiger partial charge in [-0.1, -0.05) is 13.8 Å². The summed E-state index contributed by atoms with van der Waals surface area (Å²) in [4.78, 5) is 4.49. The number of nitrogens with two attached hydrogens (primary N) is 1. The van der Waals surface area contributed by atoms with E-state index in [0.29, 0.717) is 11.8 Å². The molecular formula is C10H18N2S.